The fraction of sp³-hybridized carbons (Fsp3) is 0.250. The van der Waals surface area contributed by atoms with Crippen molar-refractivity contribution >= 4 is 22.6 Å². The van der Waals surface area contributed by atoms with Crippen molar-refractivity contribution in [1.29, 1.82) is 0 Å². The van der Waals surface area contributed by atoms with Crippen molar-refractivity contribution in [2.75, 3.05) is 14.2 Å². The molecule has 0 heterocycles. The fourth-order valence-electron chi connectivity index (χ4n) is 0.856. The monoisotopic (exact) mass is 300 g/mol. The zero-order valence-corrected chi connectivity index (χ0v) is 9.19. The summed E-state index contributed by atoms with van der Waals surface area (Å²) in [5, 5.41) is 0. The van der Waals surface area contributed by atoms with Crippen LogP contribution in [-0.2, 0) is 0 Å². The van der Waals surface area contributed by atoms with Gasteiger partial charge in [0.05, 0.1) is 17.8 Å². The van der Waals surface area contributed by atoms with Gasteiger partial charge in [0.2, 0.25) is 0 Å². The number of rotatable bonds is 2. The summed E-state index contributed by atoms with van der Waals surface area (Å²) in [7, 11) is 2.62. The maximum atomic E-state index is 13.2. The molecule has 0 aromatic heterocycles. The van der Waals surface area contributed by atoms with E-state index in [0.29, 0.717) is 0 Å². The smallest absolute Gasteiger partial charge is 0.181 e. The Morgan fingerprint density at radius 1 is 1.08 bits per heavy atom. The van der Waals surface area contributed by atoms with E-state index in [4.69, 9.17) is 9.47 Å². The van der Waals surface area contributed by atoms with Crippen LogP contribution in [0.4, 0.5) is 8.78 Å². The normalized spacial score (nSPS) is 9.92. The van der Waals surface area contributed by atoms with Crippen LogP contribution in [-0.4, -0.2) is 14.2 Å². The minimum atomic E-state index is -0.707. The molecular weight excluding hydrogens is 293 g/mol. The summed E-state index contributed by atoms with van der Waals surface area (Å²) < 4.78 is 35.6. The van der Waals surface area contributed by atoms with Crippen molar-refractivity contribution in [3.63, 3.8) is 0 Å². The molecule has 0 unspecified atom stereocenters. The topological polar surface area (TPSA) is 18.5 Å². The molecule has 0 atom stereocenters. The minimum absolute atomic E-state index is 0.0253. The molecule has 1 aromatic rings. The summed E-state index contributed by atoms with van der Waals surface area (Å²) >= 11 is 1.56. The van der Waals surface area contributed by atoms with Gasteiger partial charge in [0, 0.05) is 6.07 Å². The van der Waals surface area contributed by atoms with E-state index in [0.717, 1.165) is 0 Å². The Bertz CT molecular complexity index is 300. The zero-order valence-electron chi connectivity index (χ0n) is 7.03. The lowest BCUT2D eigenvalue weighted by molar-refractivity contribution is 0.355. The van der Waals surface area contributed by atoms with Gasteiger partial charge in [-0.15, -0.1) is 0 Å². The quantitative estimate of drug-likeness (QED) is 0.617. The average Bonchev–Trinajstić information content (AvgIpc) is 2.15. The standard InChI is InChI=1S/C8H7F2IO2/c1-12-4-3-5(13-2)7(10)8(11)6(4)9/h3H,1-2H3. The van der Waals surface area contributed by atoms with E-state index in [1.54, 1.807) is 22.6 Å². The second-order valence-corrected chi connectivity index (χ2v) is 3.30. The fourth-order valence-corrected chi connectivity index (χ4v) is 1.39. The Morgan fingerprint density at radius 2 is 1.46 bits per heavy atom. The predicted octanol–water partition coefficient (Wildman–Crippen LogP) is 2.59. The van der Waals surface area contributed by atoms with Crippen molar-refractivity contribution in [2.24, 2.45) is 0 Å². The summed E-state index contributed by atoms with van der Waals surface area (Å²) in [6.07, 6.45) is 0. The van der Waals surface area contributed by atoms with Crippen LogP contribution in [0.5, 0.6) is 11.5 Å². The van der Waals surface area contributed by atoms with Crippen molar-refractivity contribution < 1.29 is 18.3 Å². The van der Waals surface area contributed by atoms with Gasteiger partial charge in [0.1, 0.15) is 0 Å². The van der Waals surface area contributed by atoms with E-state index in [2.05, 4.69) is 0 Å². The van der Waals surface area contributed by atoms with E-state index >= 15 is 0 Å². The number of hydrogen-bond donors (Lipinski definition) is 0. The average molecular weight is 300 g/mol. The maximum absolute atomic E-state index is 13.2. The number of ether oxygens (including phenoxy) is 2. The SMILES string of the molecule is COc1cc(OC)c(F)c(I)c1F. The Kier molecular flexibility index (Phi) is 3.29. The number of benzene rings is 1. The minimum Gasteiger partial charge on any atom is -0.493 e. The molecule has 0 bridgehead atoms. The molecule has 0 aliphatic rings. The lowest BCUT2D eigenvalue weighted by Gasteiger charge is -2.08. The molecule has 0 saturated heterocycles. The third kappa shape index (κ3) is 1.84. The molecule has 0 radical (unpaired) electrons. The van der Waals surface area contributed by atoms with Crippen LogP contribution in [0, 0.1) is 15.2 Å². The first-order chi connectivity index (χ1) is 6.11. The summed E-state index contributed by atoms with van der Waals surface area (Å²) in [5.74, 6) is -1.46. The summed E-state index contributed by atoms with van der Waals surface area (Å²) in [6, 6.07) is 1.17. The molecule has 5 heteroatoms. The molecule has 0 fully saturated rings. The van der Waals surface area contributed by atoms with Gasteiger partial charge in [-0.2, -0.15) is 0 Å². The summed E-state index contributed by atoms with van der Waals surface area (Å²) in [4.78, 5) is 0. The molecule has 0 N–H and O–H groups in total. The highest BCUT2D eigenvalue weighted by Crippen LogP contribution is 2.31. The highest BCUT2D eigenvalue weighted by molar-refractivity contribution is 14.1. The van der Waals surface area contributed by atoms with E-state index in [1.165, 1.54) is 20.3 Å². The van der Waals surface area contributed by atoms with Crippen molar-refractivity contribution in [1.82, 2.24) is 0 Å². The van der Waals surface area contributed by atoms with Gasteiger partial charge in [-0.3, -0.25) is 0 Å². The molecule has 13 heavy (non-hydrogen) atoms. The number of hydrogen-bond acceptors (Lipinski definition) is 2. The van der Waals surface area contributed by atoms with E-state index in [-0.39, 0.29) is 15.1 Å². The summed E-state index contributed by atoms with van der Waals surface area (Å²) in [5.41, 5.74) is 0. The lowest BCUT2D eigenvalue weighted by atomic mass is 10.3. The zero-order chi connectivity index (χ0) is 10.0. The Labute approximate surface area is 88.0 Å². The Balaban J connectivity index is 3.36. The van der Waals surface area contributed by atoms with Crippen LogP contribution in [0.15, 0.2) is 6.07 Å². The number of methoxy groups -OCH3 is 2. The third-order valence-electron chi connectivity index (χ3n) is 1.52. The van der Waals surface area contributed by atoms with Gasteiger partial charge in [-0.05, 0) is 22.6 Å². The molecule has 2 nitrogen and oxygen atoms in total. The lowest BCUT2D eigenvalue weighted by Crippen LogP contribution is -1.98. The highest BCUT2D eigenvalue weighted by atomic mass is 127. The highest BCUT2D eigenvalue weighted by Gasteiger charge is 2.17. The van der Waals surface area contributed by atoms with Crippen LogP contribution < -0.4 is 9.47 Å². The van der Waals surface area contributed by atoms with Gasteiger partial charge in [0.15, 0.2) is 23.1 Å². The molecule has 72 valence electrons. The molecule has 1 rings (SSSR count). The first-order valence-corrected chi connectivity index (χ1v) is 4.45. The van der Waals surface area contributed by atoms with Gasteiger partial charge in [-0.25, -0.2) is 8.78 Å². The molecule has 0 amide bonds. The van der Waals surface area contributed by atoms with Crippen molar-refractivity contribution in [3.8, 4) is 11.5 Å². The van der Waals surface area contributed by atoms with Gasteiger partial charge >= 0.3 is 0 Å². The van der Waals surface area contributed by atoms with Gasteiger partial charge in [0.25, 0.3) is 0 Å². The predicted molar refractivity (Wildman–Crippen MR) is 52.2 cm³/mol. The van der Waals surface area contributed by atoms with Gasteiger partial charge in [-0.1, -0.05) is 0 Å². The molecule has 0 spiro atoms. The Morgan fingerprint density at radius 3 is 1.77 bits per heavy atom. The van der Waals surface area contributed by atoms with Gasteiger partial charge < -0.3 is 9.47 Å². The largest absolute Gasteiger partial charge is 0.493 e. The van der Waals surface area contributed by atoms with Crippen molar-refractivity contribution in [3.05, 3.63) is 21.3 Å². The van der Waals surface area contributed by atoms with E-state index in [9.17, 15) is 8.78 Å². The maximum Gasteiger partial charge on any atom is 0.181 e. The van der Waals surface area contributed by atoms with Crippen LogP contribution in [0.2, 0.25) is 0 Å². The molecule has 1 aromatic carbocycles. The van der Waals surface area contributed by atoms with E-state index < -0.39 is 11.6 Å². The van der Waals surface area contributed by atoms with Crippen LogP contribution in [0.25, 0.3) is 0 Å². The van der Waals surface area contributed by atoms with Crippen LogP contribution in [0.1, 0.15) is 0 Å². The third-order valence-corrected chi connectivity index (χ3v) is 2.47. The molecule has 0 aliphatic carbocycles. The van der Waals surface area contributed by atoms with E-state index in [1.807, 2.05) is 0 Å². The van der Waals surface area contributed by atoms with Crippen LogP contribution in [0.3, 0.4) is 0 Å². The first-order valence-electron chi connectivity index (χ1n) is 3.37. The first kappa shape index (κ1) is 10.5. The second-order valence-electron chi connectivity index (χ2n) is 2.22. The Hall–Kier alpha value is -0.590. The molecule has 0 saturated carbocycles. The molecule has 0 aliphatic heterocycles. The second kappa shape index (κ2) is 4.08. The van der Waals surface area contributed by atoms with Crippen molar-refractivity contribution in [2.45, 2.75) is 0 Å². The van der Waals surface area contributed by atoms with Crippen LogP contribution >= 0.6 is 22.6 Å². The number of halogens is 3. The molecular formula is C8H7F2IO2. The summed E-state index contributed by atoms with van der Waals surface area (Å²) in [6.45, 7) is 0.